The third-order valence-electron chi connectivity index (χ3n) is 2.72. The molecule has 0 saturated carbocycles. The minimum absolute atomic E-state index is 0.203. The van der Waals surface area contributed by atoms with Gasteiger partial charge in [0, 0.05) is 18.7 Å². The molecule has 0 aromatic heterocycles. The van der Waals surface area contributed by atoms with Crippen molar-refractivity contribution in [3.8, 4) is 0 Å². The predicted octanol–water partition coefficient (Wildman–Crippen LogP) is 0.188. The predicted molar refractivity (Wildman–Crippen MR) is 56.9 cm³/mol. The van der Waals surface area contributed by atoms with Crippen LogP contribution in [0.1, 0.15) is 12.8 Å². The number of carboxylic acids is 1. The Morgan fingerprint density at radius 2 is 2.19 bits per heavy atom. The number of carbonyl (C=O) groups is 3. The molecule has 0 radical (unpaired) electrons. The molecule has 2 rings (SSSR count). The third kappa shape index (κ3) is 1.87. The van der Waals surface area contributed by atoms with E-state index in [0.717, 1.165) is 4.90 Å². The summed E-state index contributed by atoms with van der Waals surface area (Å²) in [6, 6.07) is -1.26. The van der Waals surface area contributed by atoms with E-state index in [4.69, 9.17) is 5.11 Å². The Hall–Kier alpha value is -1.24. The molecule has 1 atom stereocenters. The Balaban J connectivity index is 2.09. The smallest absolute Gasteiger partial charge is 0.328 e. The number of aliphatic carboxylic acids is 1. The van der Waals surface area contributed by atoms with Crippen LogP contribution in [0.2, 0.25) is 0 Å². The molecule has 2 aliphatic rings. The number of amides is 3. The maximum absolute atomic E-state index is 11.9. The monoisotopic (exact) mass is 244 g/mol. The number of rotatable bonds is 1. The number of carboxylic acid groups (broad SMARTS) is 1. The van der Waals surface area contributed by atoms with Crippen LogP contribution in [-0.4, -0.2) is 57.0 Å². The van der Waals surface area contributed by atoms with Gasteiger partial charge in [-0.1, -0.05) is 0 Å². The zero-order valence-electron chi connectivity index (χ0n) is 8.59. The van der Waals surface area contributed by atoms with Crippen LogP contribution in [0.3, 0.4) is 0 Å². The second kappa shape index (κ2) is 4.32. The second-order valence-electron chi connectivity index (χ2n) is 3.76. The molecule has 0 spiro atoms. The van der Waals surface area contributed by atoms with E-state index in [0.29, 0.717) is 31.0 Å². The molecule has 88 valence electrons. The average molecular weight is 244 g/mol. The van der Waals surface area contributed by atoms with E-state index in [-0.39, 0.29) is 5.91 Å². The number of hydrogen-bond donors (Lipinski definition) is 1. The molecular formula is C9H12N2O4S. The highest BCUT2D eigenvalue weighted by Gasteiger charge is 2.39. The van der Waals surface area contributed by atoms with Crippen LogP contribution in [0.15, 0.2) is 0 Å². The number of nitrogens with zero attached hydrogens (tertiary/aromatic N) is 2. The minimum atomic E-state index is -1.01. The van der Waals surface area contributed by atoms with Gasteiger partial charge in [-0.3, -0.25) is 9.69 Å². The quantitative estimate of drug-likeness (QED) is 0.712. The Bertz CT molecular complexity index is 346. The molecule has 7 heteroatoms. The van der Waals surface area contributed by atoms with E-state index in [1.807, 2.05) is 0 Å². The normalized spacial score (nSPS) is 25.2. The molecule has 1 unspecified atom stereocenters. The summed E-state index contributed by atoms with van der Waals surface area (Å²) in [6.07, 6.45) is 1.05. The van der Waals surface area contributed by atoms with Crippen molar-refractivity contribution in [2.75, 3.05) is 18.2 Å². The van der Waals surface area contributed by atoms with Crippen LogP contribution in [-0.2, 0) is 9.59 Å². The van der Waals surface area contributed by atoms with Crippen LogP contribution in [0.5, 0.6) is 0 Å². The van der Waals surface area contributed by atoms with Gasteiger partial charge in [-0.05, 0) is 6.42 Å². The maximum atomic E-state index is 11.9. The molecule has 1 N–H and O–H groups in total. The van der Waals surface area contributed by atoms with Gasteiger partial charge in [0.2, 0.25) is 5.91 Å². The Morgan fingerprint density at radius 1 is 1.44 bits per heavy atom. The van der Waals surface area contributed by atoms with Crippen LogP contribution in [0.25, 0.3) is 0 Å². The van der Waals surface area contributed by atoms with E-state index in [1.54, 1.807) is 0 Å². The lowest BCUT2D eigenvalue weighted by atomic mass is 10.3. The van der Waals surface area contributed by atoms with E-state index >= 15 is 0 Å². The van der Waals surface area contributed by atoms with Gasteiger partial charge in [0.05, 0.1) is 5.88 Å². The number of urea groups is 1. The zero-order chi connectivity index (χ0) is 11.7. The van der Waals surface area contributed by atoms with Crippen LogP contribution in [0, 0.1) is 0 Å². The molecule has 3 amide bonds. The van der Waals surface area contributed by atoms with Gasteiger partial charge >= 0.3 is 12.0 Å². The van der Waals surface area contributed by atoms with Crippen LogP contribution < -0.4 is 0 Å². The molecule has 2 aliphatic heterocycles. The van der Waals surface area contributed by atoms with Crippen molar-refractivity contribution in [1.82, 2.24) is 9.80 Å². The number of likely N-dealkylation sites (tertiary alicyclic amines) is 1. The summed E-state index contributed by atoms with van der Waals surface area (Å²) >= 11 is 1.39. The zero-order valence-corrected chi connectivity index (χ0v) is 9.40. The molecule has 0 aromatic rings. The maximum Gasteiger partial charge on any atom is 0.328 e. The molecule has 0 aromatic carbocycles. The number of hydrogen-bond acceptors (Lipinski definition) is 4. The highest BCUT2D eigenvalue weighted by molar-refractivity contribution is 7.99. The van der Waals surface area contributed by atoms with Gasteiger partial charge in [-0.15, -0.1) is 11.8 Å². The van der Waals surface area contributed by atoms with E-state index in [2.05, 4.69) is 0 Å². The third-order valence-corrected chi connectivity index (χ3v) is 3.73. The summed E-state index contributed by atoms with van der Waals surface area (Å²) in [5.41, 5.74) is 0. The van der Waals surface area contributed by atoms with Crippen molar-refractivity contribution >= 4 is 29.7 Å². The van der Waals surface area contributed by atoms with Gasteiger partial charge < -0.3 is 10.0 Å². The number of thioether (sulfide) groups is 1. The second-order valence-corrected chi connectivity index (χ2v) is 4.75. The molecule has 2 fully saturated rings. The number of carbonyl (C=O) groups excluding carboxylic acids is 2. The lowest BCUT2D eigenvalue weighted by Crippen LogP contribution is -2.49. The highest BCUT2D eigenvalue weighted by atomic mass is 32.2. The first-order valence-corrected chi connectivity index (χ1v) is 6.18. The summed E-state index contributed by atoms with van der Waals surface area (Å²) in [7, 11) is 0. The summed E-state index contributed by atoms with van der Waals surface area (Å²) < 4.78 is 0. The SMILES string of the molecule is O=C(O)C1CSCN1C(=O)N1CCCC1=O. The van der Waals surface area contributed by atoms with Crippen LogP contribution in [0.4, 0.5) is 4.79 Å². The summed E-state index contributed by atoms with van der Waals surface area (Å²) in [6.45, 7) is 0.408. The molecule has 16 heavy (non-hydrogen) atoms. The van der Waals surface area contributed by atoms with Crippen molar-refractivity contribution in [3.63, 3.8) is 0 Å². The van der Waals surface area contributed by atoms with E-state index in [9.17, 15) is 14.4 Å². The molecule has 6 nitrogen and oxygen atoms in total. The lowest BCUT2D eigenvalue weighted by molar-refractivity contribution is -0.141. The van der Waals surface area contributed by atoms with Gasteiger partial charge in [-0.25, -0.2) is 9.59 Å². The fraction of sp³-hybridized carbons (Fsp3) is 0.667. The summed E-state index contributed by atoms with van der Waals surface area (Å²) in [5, 5.41) is 8.93. The van der Waals surface area contributed by atoms with Crippen molar-refractivity contribution < 1.29 is 19.5 Å². The van der Waals surface area contributed by atoms with Gasteiger partial charge in [-0.2, -0.15) is 0 Å². The average Bonchev–Trinajstić information content (AvgIpc) is 2.84. The molecule has 2 heterocycles. The van der Waals surface area contributed by atoms with Crippen molar-refractivity contribution in [2.24, 2.45) is 0 Å². The largest absolute Gasteiger partial charge is 0.480 e. The van der Waals surface area contributed by atoms with Crippen molar-refractivity contribution in [1.29, 1.82) is 0 Å². The first-order chi connectivity index (χ1) is 7.61. The standard InChI is InChI=1S/C9H12N2O4S/c12-7-2-1-3-10(7)9(15)11-5-16-4-6(11)8(13)14/h6H,1-5H2,(H,13,14). The first-order valence-electron chi connectivity index (χ1n) is 5.03. The molecule has 0 bridgehead atoms. The van der Waals surface area contributed by atoms with E-state index in [1.165, 1.54) is 16.7 Å². The number of imide groups is 1. The van der Waals surface area contributed by atoms with E-state index < -0.39 is 18.0 Å². The van der Waals surface area contributed by atoms with Gasteiger partial charge in [0.1, 0.15) is 6.04 Å². The van der Waals surface area contributed by atoms with Gasteiger partial charge in [0.15, 0.2) is 0 Å². The Morgan fingerprint density at radius 3 is 2.75 bits per heavy atom. The fourth-order valence-corrected chi connectivity index (χ4v) is 2.98. The van der Waals surface area contributed by atoms with Crippen LogP contribution >= 0.6 is 11.8 Å². The van der Waals surface area contributed by atoms with Crippen molar-refractivity contribution in [2.45, 2.75) is 18.9 Å². The molecule has 0 aliphatic carbocycles. The minimum Gasteiger partial charge on any atom is -0.480 e. The Labute approximate surface area is 96.6 Å². The Kier molecular flexibility index (Phi) is 3.04. The summed E-state index contributed by atoms with van der Waals surface area (Å²) in [5.74, 6) is -0.473. The highest BCUT2D eigenvalue weighted by Crippen LogP contribution is 2.24. The van der Waals surface area contributed by atoms with Gasteiger partial charge in [0.25, 0.3) is 0 Å². The lowest BCUT2D eigenvalue weighted by Gasteiger charge is -2.25. The first kappa shape index (κ1) is 11.3. The summed E-state index contributed by atoms with van der Waals surface area (Å²) in [4.78, 5) is 36.6. The fourth-order valence-electron chi connectivity index (χ4n) is 1.84. The molecular weight excluding hydrogens is 232 g/mol. The molecule has 2 saturated heterocycles. The topological polar surface area (TPSA) is 77.9 Å². The van der Waals surface area contributed by atoms with Crippen molar-refractivity contribution in [3.05, 3.63) is 0 Å².